The van der Waals surface area contributed by atoms with Gasteiger partial charge in [0.15, 0.2) is 0 Å². The second-order valence-electron chi connectivity index (χ2n) is 3.88. The van der Waals surface area contributed by atoms with Crippen molar-refractivity contribution in [2.24, 2.45) is 0 Å². The number of nitrogens with two attached hydrogens (primary N) is 1. The lowest BCUT2D eigenvalue weighted by Crippen LogP contribution is -2.27. The highest BCUT2D eigenvalue weighted by molar-refractivity contribution is 7.89. The molecule has 7 nitrogen and oxygen atoms in total. The van der Waals surface area contributed by atoms with E-state index in [1.54, 1.807) is 0 Å². The Balaban J connectivity index is 2.33. The van der Waals surface area contributed by atoms with Crippen molar-refractivity contribution in [2.75, 3.05) is 12.8 Å². The maximum absolute atomic E-state index is 13.6. The molecule has 0 fully saturated rings. The molecule has 19 heavy (non-hydrogen) atoms. The van der Waals surface area contributed by atoms with Gasteiger partial charge in [-0.1, -0.05) is 0 Å². The number of aromatic nitrogens is 3. The highest BCUT2D eigenvalue weighted by Crippen LogP contribution is 2.21. The zero-order valence-electron chi connectivity index (χ0n) is 10.0. The quantitative estimate of drug-likeness (QED) is 0.788. The first-order valence-electron chi connectivity index (χ1n) is 5.27. The van der Waals surface area contributed by atoms with Gasteiger partial charge in [0, 0.05) is 12.7 Å². The van der Waals surface area contributed by atoms with E-state index in [1.165, 1.54) is 19.4 Å². The fourth-order valence-electron chi connectivity index (χ4n) is 1.49. The van der Waals surface area contributed by atoms with E-state index in [-0.39, 0.29) is 12.2 Å². The number of hydrogen-bond donors (Lipinski definition) is 2. The Morgan fingerprint density at radius 1 is 1.47 bits per heavy atom. The summed E-state index contributed by atoms with van der Waals surface area (Å²) in [4.78, 5) is 3.35. The fourth-order valence-corrected chi connectivity index (χ4v) is 2.72. The number of hydrogen-bond acceptors (Lipinski definition) is 5. The smallest absolute Gasteiger partial charge is 0.246 e. The first-order valence-corrected chi connectivity index (χ1v) is 6.71. The predicted octanol–water partition coefficient (Wildman–Crippen LogP) is 0.347. The molecule has 0 saturated carbocycles. The fraction of sp³-hybridized carbons (Fsp3) is 0.200. The Morgan fingerprint density at radius 3 is 2.84 bits per heavy atom. The molecule has 0 amide bonds. The summed E-state index contributed by atoms with van der Waals surface area (Å²) in [7, 11) is -2.66. The van der Waals surface area contributed by atoms with Gasteiger partial charge < -0.3 is 5.73 Å². The Kier molecular flexibility index (Phi) is 3.49. The molecule has 0 bridgehead atoms. The van der Waals surface area contributed by atoms with Crippen molar-refractivity contribution in [3.05, 3.63) is 36.2 Å². The molecule has 0 spiro atoms. The van der Waals surface area contributed by atoms with E-state index in [0.717, 1.165) is 16.4 Å². The number of nitrogens with one attached hydrogen (secondary N) is 1. The Morgan fingerprint density at radius 2 is 2.21 bits per heavy atom. The van der Waals surface area contributed by atoms with E-state index in [4.69, 9.17) is 5.73 Å². The second-order valence-corrected chi connectivity index (χ2v) is 5.90. The maximum Gasteiger partial charge on any atom is 0.246 e. The van der Waals surface area contributed by atoms with Gasteiger partial charge in [-0.3, -0.25) is 5.10 Å². The van der Waals surface area contributed by atoms with Crippen molar-refractivity contribution < 1.29 is 12.8 Å². The number of anilines is 1. The van der Waals surface area contributed by atoms with E-state index < -0.39 is 20.7 Å². The first kappa shape index (κ1) is 13.4. The minimum atomic E-state index is -3.98. The molecule has 0 atom stereocenters. The van der Waals surface area contributed by atoms with Gasteiger partial charge in [0.25, 0.3) is 0 Å². The van der Waals surface area contributed by atoms with Gasteiger partial charge in [-0.25, -0.2) is 17.8 Å². The van der Waals surface area contributed by atoms with Crippen LogP contribution in [0.25, 0.3) is 0 Å². The number of halogens is 1. The highest BCUT2D eigenvalue weighted by Gasteiger charge is 2.25. The molecular formula is C10H12FN5O2S. The van der Waals surface area contributed by atoms with Crippen molar-refractivity contribution in [3.63, 3.8) is 0 Å². The van der Waals surface area contributed by atoms with E-state index in [2.05, 4.69) is 15.2 Å². The van der Waals surface area contributed by atoms with Gasteiger partial charge in [0.05, 0.1) is 6.54 Å². The summed E-state index contributed by atoms with van der Waals surface area (Å²) in [6.07, 6.45) is 1.26. The van der Waals surface area contributed by atoms with Gasteiger partial charge in [-0.15, -0.1) is 0 Å². The molecule has 0 radical (unpaired) electrons. The van der Waals surface area contributed by atoms with E-state index in [1.807, 2.05) is 0 Å². The lowest BCUT2D eigenvalue weighted by atomic mass is 10.3. The third-order valence-corrected chi connectivity index (χ3v) is 4.30. The molecular weight excluding hydrogens is 273 g/mol. The van der Waals surface area contributed by atoms with Crippen LogP contribution in [-0.2, 0) is 16.6 Å². The Labute approximate surface area is 109 Å². The lowest BCUT2D eigenvalue weighted by molar-refractivity contribution is 0.451. The molecule has 0 saturated heterocycles. The van der Waals surface area contributed by atoms with Crippen molar-refractivity contribution in [3.8, 4) is 0 Å². The minimum absolute atomic E-state index is 0.0451. The summed E-state index contributed by atoms with van der Waals surface area (Å²) >= 11 is 0. The molecule has 1 aromatic carbocycles. The molecule has 3 N–H and O–H groups in total. The van der Waals surface area contributed by atoms with Crippen molar-refractivity contribution in [1.82, 2.24) is 19.5 Å². The predicted molar refractivity (Wildman–Crippen MR) is 65.8 cm³/mol. The number of rotatable bonds is 4. The topological polar surface area (TPSA) is 105 Å². The molecule has 2 aromatic rings. The lowest BCUT2D eigenvalue weighted by Gasteiger charge is -2.16. The molecule has 2 rings (SSSR count). The van der Waals surface area contributed by atoms with E-state index in [9.17, 15) is 12.8 Å². The van der Waals surface area contributed by atoms with Crippen LogP contribution in [0.2, 0.25) is 0 Å². The van der Waals surface area contributed by atoms with Crippen molar-refractivity contribution in [2.45, 2.75) is 11.4 Å². The summed E-state index contributed by atoms with van der Waals surface area (Å²) in [5.41, 5.74) is 5.66. The summed E-state index contributed by atoms with van der Waals surface area (Å²) in [6, 6.07) is 3.40. The number of aromatic amines is 1. The summed E-state index contributed by atoms with van der Waals surface area (Å²) in [5, 5.41) is 6.14. The number of H-pyrrole nitrogens is 1. The average Bonchev–Trinajstić information content (AvgIpc) is 2.85. The summed E-state index contributed by atoms with van der Waals surface area (Å²) in [5.74, 6) is -0.492. The van der Waals surface area contributed by atoms with Crippen molar-refractivity contribution in [1.29, 1.82) is 0 Å². The Hall–Kier alpha value is -2.00. The third kappa shape index (κ3) is 2.71. The number of benzene rings is 1. The minimum Gasteiger partial charge on any atom is -0.399 e. The van der Waals surface area contributed by atoms with Gasteiger partial charge in [0.1, 0.15) is 22.9 Å². The van der Waals surface area contributed by atoms with Crippen LogP contribution in [0.1, 0.15) is 5.82 Å². The zero-order chi connectivity index (χ0) is 14.0. The van der Waals surface area contributed by atoms with Crippen LogP contribution >= 0.6 is 0 Å². The van der Waals surface area contributed by atoms with Crippen LogP contribution in [0, 0.1) is 5.82 Å². The van der Waals surface area contributed by atoms with Crippen molar-refractivity contribution >= 4 is 15.7 Å². The summed E-state index contributed by atoms with van der Waals surface area (Å²) < 4.78 is 39.0. The number of nitrogens with zero attached hydrogens (tertiary/aromatic N) is 3. The molecule has 1 aromatic heterocycles. The van der Waals surface area contributed by atoms with Crippen LogP contribution in [-0.4, -0.2) is 35.0 Å². The van der Waals surface area contributed by atoms with E-state index in [0.29, 0.717) is 5.82 Å². The van der Waals surface area contributed by atoms with Crippen LogP contribution in [0.3, 0.4) is 0 Å². The first-order chi connectivity index (χ1) is 8.91. The standard InChI is InChI=1S/C10H12FN5O2S/c1-16(5-10-13-6-14-15-10)19(17,18)9-4-7(12)2-3-8(9)11/h2-4,6H,5,12H2,1H3,(H,13,14,15). The highest BCUT2D eigenvalue weighted by atomic mass is 32.2. The zero-order valence-corrected chi connectivity index (χ0v) is 10.9. The van der Waals surface area contributed by atoms with E-state index >= 15 is 0 Å². The molecule has 0 aliphatic rings. The number of nitrogen functional groups attached to an aromatic ring is 1. The average molecular weight is 285 g/mol. The third-order valence-electron chi connectivity index (χ3n) is 2.48. The maximum atomic E-state index is 13.6. The monoisotopic (exact) mass is 285 g/mol. The summed E-state index contributed by atoms with van der Waals surface area (Å²) in [6.45, 7) is -0.0451. The molecule has 1 heterocycles. The Bertz CT molecular complexity index is 671. The van der Waals surface area contributed by atoms with Gasteiger partial charge in [0.2, 0.25) is 10.0 Å². The molecule has 0 unspecified atom stereocenters. The number of sulfonamides is 1. The van der Waals surface area contributed by atoms with Gasteiger partial charge in [-0.2, -0.15) is 9.40 Å². The van der Waals surface area contributed by atoms with Crippen LogP contribution in [0.15, 0.2) is 29.4 Å². The molecule has 0 aliphatic heterocycles. The van der Waals surface area contributed by atoms with Gasteiger partial charge in [-0.05, 0) is 18.2 Å². The second kappa shape index (κ2) is 4.94. The molecule has 9 heteroatoms. The molecule has 0 aliphatic carbocycles. The van der Waals surface area contributed by atoms with Crippen LogP contribution < -0.4 is 5.73 Å². The SMILES string of the molecule is CN(Cc1ncn[nH]1)S(=O)(=O)c1cc(N)ccc1F. The van der Waals surface area contributed by atoms with Gasteiger partial charge >= 0.3 is 0 Å². The normalized spacial score (nSPS) is 11.9. The van der Waals surface area contributed by atoms with Crippen LogP contribution in [0.4, 0.5) is 10.1 Å². The van der Waals surface area contributed by atoms with Crippen LogP contribution in [0.5, 0.6) is 0 Å². The molecule has 102 valence electrons. The largest absolute Gasteiger partial charge is 0.399 e.